The van der Waals surface area contributed by atoms with Crippen molar-refractivity contribution in [3.05, 3.63) is 53.9 Å². The first-order chi connectivity index (χ1) is 13.1. The third-order valence-corrected chi connectivity index (χ3v) is 4.54. The van der Waals surface area contributed by atoms with Crippen LogP contribution in [0.1, 0.15) is 37.6 Å². The number of ether oxygens (including phenoxy) is 3. The average Bonchev–Trinajstić information content (AvgIpc) is 3.20. The monoisotopic (exact) mass is 368 g/mol. The number of benzene rings is 2. The van der Waals surface area contributed by atoms with Crippen LogP contribution in [0.3, 0.4) is 0 Å². The maximum Gasteiger partial charge on any atom is 0.264 e. The Bertz CT molecular complexity index is 874. The molecule has 0 radical (unpaired) electrons. The van der Waals surface area contributed by atoms with Gasteiger partial charge in [-0.05, 0) is 42.2 Å². The highest BCUT2D eigenvalue weighted by atomic mass is 16.5. The van der Waals surface area contributed by atoms with Crippen LogP contribution in [0.4, 0.5) is 0 Å². The van der Waals surface area contributed by atoms with Gasteiger partial charge in [0, 0.05) is 6.07 Å². The molecule has 1 heterocycles. The first-order valence-electron chi connectivity index (χ1n) is 8.92. The van der Waals surface area contributed by atoms with Crippen LogP contribution in [0.2, 0.25) is 0 Å². The van der Waals surface area contributed by atoms with Crippen LogP contribution in [-0.2, 0) is 6.61 Å². The SMILES string of the molecule is CC[C@@H](C)c1ccc(OCc2nc(-c3ccc(OC)cc3OC)no2)cc1. The van der Waals surface area contributed by atoms with Crippen molar-refractivity contribution in [2.45, 2.75) is 32.8 Å². The molecule has 0 aliphatic heterocycles. The summed E-state index contributed by atoms with van der Waals surface area (Å²) in [4.78, 5) is 4.40. The van der Waals surface area contributed by atoms with E-state index in [0.717, 1.165) is 17.7 Å². The molecular formula is C21H24N2O4. The fourth-order valence-electron chi connectivity index (χ4n) is 2.68. The van der Waals surface area contributed by atoms with E-state index >= 15 is 0 Å². The zero-order valence-corrected chi connectivity index (χ0v) is 16.1. The molecule has 1 atom stereocenters. The van der Waals surface area contributed by atoms with E-state index in [4.69, 9.17) is 18.7 Å². The van der Waals surface area contributed by atoms with Crippen molar-refractivity contribution in [1.82, 2.24) is 10.1 Å². The van der Waals surface area contributed by atoms with Crippen molar-refractivity contribution in [2.75, 3.05) is 14.2 Å². The summed E-state index contributed by atoms with van der Waals surface area (Å²) < 4.78 is 21.7. The minimum absolute atomic E-state index is 0.203. The molecule has 6 heteroatoms. The molecule has 3 rings (SSSR count). The maximum atomic E-state index is 5.76. The second-order valence-corrected chi connectivity index (χ2v) is 6.24. The highest BCUT2D eigenvalue weighted by molar-refractivity contribution is 5.65. The smallest absolute Gasteiger partial charge is 0.264 e. The largest absolute Gasteiger partial charge is 0.497 e. The van der Waals surface area contributed by atoms with Gasteiger partial charge >= 0.3 is 0 Å². The third-order valence-electron chi connectivity index (χ3n) is 4.54. The molecule has 6 nitrogen and oxygen atoms in total. The Balaban J connectivity index is 1.68. The van der Waals surface area contributed by atoms with Crippen LogP contribution in [0.15, 0.2) is 47.0 Å². The summed E-state index contributed by atoms with van der Waals surface area (Å²) in [5, 5.41) is 4.02. The van der Waals surface area contributed by atoms with Crippen LogP contribution in [0.25, 0.3) is 11.4 Å². The fraction of sp³-hybridized carbons (Fsp3) is 0.333. The molecule has 0 unspecified atom stereocenters. The Morgan fingerprint density at radius 3 is 2.41 bits per heavy atom. The van der Waals surface area contributed by atoms with Gasteiger partial charge in [-0.2, -0.15) is 4.98 Å². The number of aromatic nitrogens is 2. The zero-order valence-electron chi connectivity index (χ0n) is 16.1. The molecular weight excluding hydrogens is 344 g/mol. The van der Waals surface area contributed by atoms with Gasteiger partial charge in [-0.25, -0.2) is 0 Å². The number of hydrogen-bond donors (Lipinski definition) is 0. The van der Waals surface area contributed by atoms with Crippen molar-refractivity contribution in [3.8, 4) is 28.6 Å². The van der Waals surface area contributed by atoms with Gasteiger partial charge in [0.2, 0.25) is 5.82 Å². The fourth-order valence-corrected chi connectivity index (χ4v) is 2.68. The van der Waals surface area contributed by atoms with Gasteiger partial charge in [-0.1, -0.05) is 31.1 Å². The summed E-state index contributed by atoms with van der Waals surface area (Å²) in [5.41, 5.74) is 2.03. The Labute approximate surface area is 159 Å². The summed E-state index contributed by atoms with van der Waals surface area (Å²) in [6.45, 7) is 4.59. The standard InChI is InChI=1S/C21H24N2O4/c1-5-14(2)15-6-8-16(9-7-15)26-13-20-22-21(23-27-20)18-11-10-17(24-3)12-19(18)25-4/h6-12,14H,5,13H2,1-4H3/t14-/m1/s1. The molecule has 0 saturated heterocycles. The van der Waals surface area contributed by atoms with E-state index in [1.165, 1.54) is 5.56 Å². The topological polar surface area (TPSA) is 66.6 Å². The maximum absolute atomic E-state index is 5.76. The summed E-state index contributed by atoms with van der Waals surface area (Å²) in [6, 6.07) is 13.5. The van der Waals surface area contributed by atoms with E-state index in [0.29, 0.717) is 29.1 Å². The Morgan fingerprint density at radius 2 is 1.74 bits per heavy atom. The van der Waals surface area contributed by atoms with E-state index in [1.54, 1.807) is 20.3 Å². The average molecular weight is 368 g/mol. The molecule has 0 spiro atoms. The van der Waals surface area contributed by atoms with Gasteiger partial charge in [-0.15, -0.1) is 0 Å². The van der Waals surface area contributed by atoms with Crippen LogP contribution < -0.4 is 14.2 Å². The summed E-state index contributed by atoms with van der Waals surface area (Å²) >= 11 is 0. The molecule has 0 fully saturated rings. The number of nitrogens with zero attached hydrogens (tertiary/aromatic N) is 2. The predicted octanol–water partition coefficient (Wildman–Crippen LogP) is 4.85. The Morgan fingerprint density at radius 1 is 1.00 bits per heavy atom. The van der Waals surface area contributed by atoms with Crippen LogP contribution in [0, 0.1) is 0 Å². The molecule has 1 aromatic heterocycles. The normalized spacial score (nSPS) is 11.9. The number of methoxy groups -OCH3 is 2. The highest BCUT2D eigenvalue weighted by Gasteiger charge is 2.15. The van der Waals surface area contributed by atoms with Crippen LogP contribution in [0.5, 0.6) is 17.2 Å². The lowest BCUT2D eigenvalue weighted by Gasteiger charge is -2.09. The van der Waals surface area contributed by atoms with Crippen molar-refractivity contribution in [3.63, 3.8) is 0 Å². The van der Waals surface area contributed by atoms with Gasteiger partial charge in [0.15, 0.2) is 6.61 Å². The minimum Gasteiger partial charge on any atom is -0.497 e. The van der Waals surface area contributed by atoms with Gasteiger partial charge in [0.05, 0.1) is 19.8 Å². The van der Waals surface area contributed by atoms with Crippen molar-refractivity contribution >= 4 is 0 Å². The van der Waals surface area contributed by atoms with E-state index < -0.39 is 0 Å². The molecule has 0 N–H and O–H groups in total. The molecule has 2 aromatic carbocycles. The minimum atomic E-state index is 0.203. The molecule has 3 aromatic rings. The molecule has 0 aliphatic rings. The summed E-state index contributed by atoms with van der Waals surface area (Å²) in [5.74, 6) is 3.46. The van der Waals surface area contributed by atoms with Gasteiger partial charge < -0.3 is 18.7 Å². The number of rotatable bonds is 8. The van der Waals surface area contributed by atoms with Crippen LogP contribution in [-0.4, -0.2) is 24.4 Å². The predicted molar refractivity (Wildman–Crippen MR) is 102 cm³/mol. The van der Waals surface area contributed by atoms with Crippen molar-refractivity contribution in [2.24, 2.45) is 0 Å². The number of hydrogen-bond acceptors (Lipinski definition) is 6. The van der Waals surface area contributed by atoms with E-state index in [1.807, 2.05) is 24.3 Å². The first kappa shape index (κ1) is 18.8. The lowest BCUT2D eigenvalue weighted by molar-refractivity contribution is 0.243. The van der Waals surface area contributed by atoms with E-state index in [9.17, 15) is 0 Å². The highest BCUT2D eigenvalue weighted by Crippen LogP contribution is 2.31. The van der Waals surface area contributed by atoms with E-state index in [2.05, 4.69) is 36.1 Å². The molecule has 0 amide bonds. The third kappa shape index (κ3) is 4.39. The molecule has 142 valence electrons. The second kappa shape index (κ2) is 8.58. The van der Waals surface area contributed by atoms with Gasteiger partial charge in [0.25, 0.3) is 5.89 Å². The molecule has 0 bridgehead atoms. The first-order valence-corrected chi connectivity index (χ1v) is 8.92. The van der Waals surface area contributed by atoms with Crippen molar-refractivity contribution < 1.29 is 18.7 Å². The summed E-state index contributed by atoms with van der Waals surface area (Å²) in [7, 11) is 3.19. The zero-order chi connectivity index (χ0) is 19.2. The lowest BCUT2D eigenvalue weighted by atomic mass is 9.99. The second-order valence-electron chi connectivity index (χ2n) is 6.24. The molecule has 0 aliphatic carbocycles. The summed E-state index contributed by atoms with van der Waals surface area (Å²) in [6.07, 6.45) is 1.11. The lowest BCUT2D eigenvalue weighted by Crippen LogP contribution is -1.97. The van der Waals surface area contributed by atoms with Crippen molar-refractivity contribution in [1.29, 1.82) is 0 Å². The molecule has 0 saturated carbocycles. The Hall–Kier alpha value is -3.02. The molecule has 27 heavy (non-hydrogen) atoms. The van der Waals surface area contributed by atoms with Crippen LogP contribution >= 0.6 is 0 Å². The van der Waals surface area contributed by atoms with Gasteiger partial charge in [0.1, 0.15) is 17.2 Å². The quantitative estimate of drug-likeness (QED) is 0.566. The van der Waals surface area contributed by atoms with E-state index in [-0.39, 0.29) is 6.61 Å². The van der Waals surface area contributed by atoms with Gasteiger partial charge in [-0.3, -0.25) is 0 Å². The Kier molecular flexibility index (Phi) is 5.96.